The van der Waals surface area contributed by atoms with Gasteiger partial charge in [0.25, 0.3) is 0 Å². The molecular formula is C11H23NO. The topological polar surface area (TPSA) is 12.5 Å². The zero-order valence-electron chi connectivity index (χ0n) is 9.63. The first-order valence-electron chi connectivity index (χ1n) is 4.85. The predicted octanol–water partition coefficient (Wildman–Crippen LogP) is 2.17. The summed E-state index contributed by atoms with van der Waals surface area (Å²) in [6.45, 7) is 12.3. The molecule has 0 aromatic carbocycles. The Labute approximate surface area is 82.6 Å². The van der Waals surface area contributed by atoms with Crippen molar-refractivity contribution >= 4 is 0 Å². The molecule has 2 nitrogen and oxygen atoms in total. The Kier molecular flexibility index (Phi) is 6.00. The van der Waals surface area contributed by atoms with Crippen LogP contribution in [0.3, 0.4) is 0 Å². The van der Waals surface area contributed by atoms with Gasteiger partial charge in [-0.1, -0.05) is 26.0 Å². The number of nitrogens with zero attached hydrogens (tertiary/aromatic N) is 1. The van der Waals surface area contributed by atoms with Gasteiger partial charge in [0, 0.05) is 19.7 Å². The van der Waals surface area contributed by atoms with Gasteiger partial charge in [0.15, 0.2) is 0 Å². The highest BCUT2D eigenvalue weighted by Gasteiger charge is 2.18. The second kappa shape index (κ2) is 6.17. The van der Waals surface area contributed by atoms with E-state index in [1.165, 1.54) is 5.57 Å². The lowest BCUT2D eigenvalue weighted by Gasteiger charge is -2.31. The van der Waals surface area contributed by atoms with Crippen LogP contribution in [0, 0.1) is 5.92 Å². The number of ether oxygens (including phenoxy) is 1. The maximum absolute atomic E-state index is 5.05. The first kappa shape index (κ1) is 12.7. The van der Waals surface area contributed by atoms with Crippen LogP contribution in [0.25, 0.3) is 0 Å². The van der Waals surface area contributed by atoms with Crippen molar-refractivity contribution in [3.05, 3.63) is 12.2 Å². The molecule has 0 aromatic rings. The second-order valence-electron chi connectivity index (χ2n) is 4.01. The summed E-state index contributed by atoms with van der Waals surface area (Å²) in [7, 11) is 3.86. The van der Waals surface area contributed by atoms with Crippen molar-refractivity contribution in [1.29, 1.82) is 0 Å². The van der Waals surface area contributed by atoms with Crippen molar-refractivity contribution in [3.8, 4) is 0 Å². The Morgan fingerprint density at radius 1 is 1.46 bits per heavy atom. The fraction of sp³-hybridized carbons (Fsp3) is 0.818. The SMILES string of the molecule is C=C(C)[C@H](C(C)C)N(C)CCOC. The third kappa shape index (κ3) is 4.44. The summed E-state index contributed by atoms with van der Waals surface area (Å²) in [6, 6.07) is 0.468. The predicted molar refractivity (Wildman–Crippen MR) is 57.9 cm³/mol. The lowest BCUT2D eigenvalue weighted by Crippen LogP contribution is -2.38. The van der Waals surface area contributed by atoms with Gasteiger partial charge < -0.3 is 4.74 Å². The van der Waals surface area contributed by atoms with Crippen LogP contribution in [0.5, 0.6) is 0 Å². The van der Waals surface area contributed by atoms with Crippen LogP contribution in [-0.4, -0.2) is 38.3 Å². The summed E-state index contributed by atoms with van der Waals surface area (Å²) >= 11 is 0. The Bertz CT molecular complexity index is 154. The van der Waals surface area contributed by atoms with Gasteiger partial charge in [0.1, 0.15) is 0 Å². The third-order valence-corrected chi connectivity index (χ3v) is 2.26. The zero-order chi connectivity index (χ0) is 10.4. The van der Waals surface area contributed by atoms with E-state index >= 15 is 0 Å². The Balaban J connectivity index is 4.12. The molecule has 0 aliphatic heterocycles. The van der Waals surface area contributed by atoms with E-state index in [2.05, 4.69) is 39.3 Å². The van der Waals surface area contributed by atoms with Crippen molar-refractivity contribution in [1.82, 2.24) is 4.90 Å². The van der Waals surface area contributed by atoms with Gasteiger partial charge in [-0.15, -0.1) is 0 Å². The maximum Gasteiger partial charge on any atom is 0.0589 e. The summed E-state index contributed by atoms with van der Waals surface area (Å²) in [4.78, 5) is 2.30. The Hall–Kier alpha value is -0.340. The van der Waals surface area contributed by atoms with E-state index in [1.54, 1.807) is 7.11 Å². The molecule has 0 amide bonds. The summed E-state index contributed by atoms with van der Waals surface area (Å²) in [5, 5.41) is 0. The van der Waals surface area contributed by atoms with E-state index in [1.807, 2.05) is 0 Å². The molecular weight excluding hydrogens is 162 g/mol. The average Bonchev–Trinajstić information content (AvgIpc) is 1.99. The van der Waals surface area contributed by atoms with Crippen molar-refractivity contribution in [2.24, 2.45) is 5.92 Å². The van der Waals surface area contributed by atoms with Crippen LogP contribution in [0.4, 0.5) is 0 Å². The van der Waals surface area contributed by atoms with E-state index in [0.717, 1.165) is 13.2 Å². The minimum absolute atomic E-state index is 0.468. The highest BCUT2D eigenvalue weighted by molar-refractivity contribution is 5.03. The molecule has 13 heavy (non-hydrogen) atoms. The molecule has 2 heteroatoms. The molecule has 0 aliphatic carbocycles. The fourth-order valence-electron chi connectivity index (χ4n) is 1.83. The minimum atomic E-state index is 0.468. The molecule has 0 saturated heterocycles. The van der Waals surface area contributed by atoms with Gasteiger partial charge in [-0.25, -0.2) is 0 Å². The standard InChI is InChI=1S/C11H23NO/c1-9(2)11(10(3)4)12(5)7-8-13-6/h10-11H,1,7-8H2,2-6H3/t11-/m1/s1. The smallest absolute Gasteiger partial charge is 0.0589 e. The average molecular weight is 185 g/mol. The lowest BCUT2D eigenvalue weighted by molar-refractivity contribution is 0.134. The van der Waals surface area contributed by atoms with Crippen LogP contribution < -0.4 is 0 Å². The van der Waals surface area contributed by atoms with Crippen molar-refractivity contribution in [2.45, 2.75) is 26.8 Å². The van der Waals surface area contributed by atoms with Gasteiger partial charge in [0.05, 0.1) is 6.61 Å². The first-order valence-corrected chi connectivity index (χ1v) is 4.85. The summed E-state index contributed by atoms with van der Waals surface area (Å²) in [6.07, 6.45) is 0. The van der Waals surface area contributed by atoms with Gasteiger partial charge in [-0.05, 0) is 19.9 Å². The molecule has 0 unspecified atom stereocenters. The second-order valence-corrected chi connectivity index (χ2v) is 4.01. The van der Waals surface area contributed by atoms with Gasteiger partial charge in [0.2, 0.25) is 0 Å². The maximum atomic E-state index is 5.05. The minimum Gasteiger partial charge on any atom is -0.383 e. The molecule has 78 valence electrons. The normalized spacial score (nSPS) is 13.8. The van der Waals surface area contributed by atoms with E-state index in [0.29, 0.717) is 12.0 Å². The largest absolute Gasteiger partial charge is 0.383 e. The number of likely N-dealkylation sites (N-methyl/N-ethyl adjacent to an activating group) is 1. The molecule has 0 aromatic heterocycles. The van der Waals surface area contributed by atoms with Gasteiger partial charge >= 0.3 is 0 Å². The molecule has 0 rings (SSSR count). The van der Waals surface area contributed by atoms with Crippen LogP contribution in [-0.2, 0) is 4.74 Å². The number of hydrogen-bond acceptors (Lipinski definition) is 2. The number of methoxy groups -OCH3 is 1. The fourth-order valence-corrected chi connectivity index (χ4v) is 1.83. The molecule has 0 saturated carbocycles. The van der Waals surface area contributed by atoms with Crippen LogP contribution in [0.1, 0.15) is 20.8 Å². The Morgan fingerprint density at radius 2 is 2.00 bits per heavy atom. The van der Waals surface area contributed by atoms with Crippen molar-refractivity contribution in [3.63, 3.8) is 0 Å². The summed E-state index contributed by atoms with van der Waals surface area (Å²) in [5.74, 6) is 0.611. The monoisotopic (exact) mass is 185 g/mol. The third-order valence-electron chi connectivity index (χ3n) is 2.26. The van der Waals surface area contributed by atoms with E-state index in [9.17, 15) is 0 Å². The van der Waals surface area contributed by atoms with Gasteiger partial charge in [-0.3, -0.25) is 4.90 Å². The molecule has 0 aliphatic rings. The van der Waals surface area contributed by atoms with E-state index in [4.69, 9.17) is 4.74 Å². The first-order chi connectivity index (χ1) is 6.00. The Morgan fingerprint density at radius 3 is 2.31 bits per heavy atom. The highest BCUT2D eigenvalue weighted by Crippen LogP contribution is 2.15. The molecule has 0 bridgehead atoms. The van der Waals surface area contributed by atoms with Crippen molar-refractivity contribution in [2.75, 3.05) is 27.3 Å². The highest BCUT2D eigenvalue weighted by atomic mass is 16.5. The molecule has 1 atom stereocenters. The summed E-state index contributed by atoms with van der Waals surface area (Å²) in [5.41, 5.74) is 1.23. The van der Waals surface area contributed by atoms with E-state index < -0.39 is 0 Å². The molecule has 0 spiro atoms. The lowest BCUT2D eigenvalue weighted by atomic mass is 9.97. The number of rotatable bonds is 6. The zero-order valence-corrected chi connectivity index (χ0v) is 9.63. The van der Waals surface area contributed by atoms with Crippen LogP contribution in [0.15, 0.2) is 12.2 Å². The molecule has 0 N–H and O–H groups in total. The van der Waals surface area contributed by atoms with Gasteiger partial charge in [-0.2, -0.15) is 0 Å². The quantitative estimate of drug-likeness (QED) is 0.588. The number of hydrogen-bond donors (Lipinski definition) is 0. The summed E-state index contributed by atoms with van der Waals surface area (Å²) < 4.78 is 5.05. The molecule has 0 fully saturated rings. The van der Waals surface area contributed by atoms with Crippen LogP contribution in [0.2, 0.25) is 0 Å². The van der Waals surface area contributed by atoms with Crippen LogP contribution >= 0.6 is 0 Å². The van der Waals surface area contributed by atoms with Crippen molar-refractivity contribution < 1.29 is 4.74 Å². The molecule has 0 heterocycles. The van der Waals surface area contributed by atoms with E-state index in [-0.39, 0.29) is 0 Å². The molecule has 0 radical (unpaired) electrons.